The van der Waals surface area contributed by atoms with Gasteiger partial charge in [-0.15, -0.1) is 0 Å². The normalized spacial score (nSPS) is 15.7. The first kappa shape index (κ1) is 25.2. The van der Waals surface area contributed by atoms with Crippen LogP contribution in [0.3, 0.4) is 0 Å². The molecule has 0 aromatic rings. The molecule has 0 aliphatic heterocycles. The Balaban J connectivity index is 5.29. The molecule has 148 valence electrons. The number of hydrogen-bond donors (Lipinski definition) is 2. The number of aliphatic hydroxyl groups excluding tert-OH is 2. The SMILES string of the molecule is CCC[CH2][Sn](/[CH]=C/C(C)=C/[C@@H](CO)[C@@H](O)CC)([CH2]CCC)[CH2]CCC. The maximum absolute atomic E-state index is 10.0. The first-order valence-electron chi connectivity index (χ1n) is 10.6. The van der Waals surface area contributed by atoms with Gasteiger partial charge in [0.1, 0.15) is 0 Å². The molecule has 0 aromatic carbocycles. The molecular formula is C22H44O2Sn. The zero-order valence-corrected chi connectivity index (χ0v) is 20.4. The standard InChI is InChI=1S/C10H17O2.3C4H9.Sn/c1-4-8(3)6-9(7-11)10(12)5-2;3*1-3-4-2;/h1,4,6,9-12H,5,7H2,2-3H3;3*1,3-4H2,2H3;/b4-1?,8-6+;;;;/t9-,10-;;;;/m0..../s1. The molecule has 2 N–H and O–H groups in total. The van der Waals surface area contributed by atoms with Crippen LogP contribution >= 0.6 is 0 Å². The molecule has 0 unspecified atom stereocenters. The van der Waals surface area contributed by atoms with Crippen molar-refractivity contribution in [3.63, 3.8) is 0 Å². The molecular weight excluding hydrogens is 415 g/mol. The molecule has 0 aliphatic carbocycles. The van der Waals surface area contributed by atoms with Gasteiger partial charge in [0, 0.05) is 0 Å². The van der Waals surface area contributed by atoms with Crippen molar-refractivity contribution >= 4 is 18.4 Å². The number of unbranched alkanes of at least 4 members (excludes halogenated alkanes) is 3. The fraction of sp³-hybridized carbons (Fsp3) is 0.818. The van der Waals surface area contributed by atoms with Crippen LogP contribution in [0.2, 0.25) is 13.3 Å². The zero-order chi connectivity index (χ0) is 19.1. The van der Waals surface area contributed by atoms with Crippen molar-refractivity contribution in [3.8, 4) is 0 Å². The zero-order valence-electron chi connectivity index (χ0n) is 17.6. The van der Waals surface area contributed by atoms with Gasteiger partial charge < -0.3 is 0 Å². The van der Waals surface area contributed by atoms with Gasteiger partial charge in [0.15, 0.2) is 0 Å². The molecule has 25 heavy (non-hydrogen) atoms. The molecule has 0 heterocycles. The van der Waals surface area contributed by atoms with Crippen molar-refractivity contribution in [1.82, 2.24) is 0 Å². The molecule has 0 amide bonds. The van der Waals surface area contributed by atoms with Gasteiger partial charge in [-0.1, -0.05) is 0 Å². The summed E-state index contributed by atoms with van der Waals surface area (Å²) >= 11 is -2.22. The first-order valence-corrected chi connectivity index (χ1v) is 18.3. The molecule has 2 nitrogen and oxygen atoms in total. The van der Waals surface area contributed by atoms with Crippen LogP contribution in [0.15, 0.2) is 21.8 Å². The Morgan fingerprint density at radius 2 is 1.40 bits per heavy atom. The van der Waals surface area contributed by atoms with E-state index in [4.69, 9.17) is 0 Å². The molecule has 0 aromatic heterocycles. The fourth-order valence-electron chi connectivity index (χ4n) is 3.50. The second-order valence-electron chi connectivity index (χ2n) is 7.74. The van der Waals surface area contributed by atoms with Crippen LogP contribution in [0.4, 0.5) is 0 Å². The average Bonchev–Trinajstić information content (AvgIpc) is 2.64. The monoisotopic (exact) mass is 460 g/mol. The Kier molecular flexibility index (Phi) is 15.4. The van der Waals surface area contributed by atoms with E-state index in [2.05, 4.69) is 43.9 Å². The van der Waals surface area contributed by atoms with Gasteiger partial charge in [0.25, 0.3) is 0 Å². The number of aliphatic hydroxyl groups is 2. The minimum absolute atomic E-state index is 0.0239. The van der Waals surface area contributed by atoms with E-state index >= 15 is 0 Å². The van der Waals surface area contributed by atoms with Crippen molar-refractivity contribution < 1.29 is 10.2 Å². The molecule has 0 bridgehead atoms. The van der Waals surface area contributed by atoms with E-state index in [1.807, 2.05) is 6.92 Å². The Bertz CT molecular complexity index is 354. The van der Waals surface area contributed by atoms with Crippen LogP contribution in [0.5, 0.6) is 0 Å². The van der Waals surface area contributed by atoms with E-state index in [0.29, 0.717) is 6.42 Å². The summed E-state index contributed by atoms with van der Waals surface area (Å²) in [4.78, 5) is 0. The second kappa shape index (κ2) is 15.3. The van der Waals surface area contributed by atoms with Crippen molar-refractivity contribution in [2.75, 3.05) is 6.61 Å². The van der Waals surface area contributed by atoms with E-state index in [1.165, 1.54) is 57.4 Å². The van der Waals surface area contributed by atoms with Crippen LogP contribution in [0, 0.1) is 5.92 Å². The summed E-state index contributed by atoms with van der Waals surface area (Å²) in [6.45, 7) is 11.0. The molecule has 0 radical (unpaired) electrons. The quantitative estimate of drug-likeness (QED) is 0.224. The van der Waals surface area contributed by atoms with Gasteiger partial charge in [0.05, 0.1) is 0 Å². The van der Waals surface area contributed by atoms with Gasteiger partial charge in [-0.25, -0.2) is 0 Å². The molecule has 0 rings (SSSR count). The summed E-state index contributed by atoms with van der Waals surface area (Å²) in [5, 5.41) is 19.6. The topological polar surface area (TPSA) is 40.5 Å². The van der Waals surface area contributed by atoms with E-state index in [9.17, 15) is 10.2 Å². The second-order valence-corrected chi connectivity index (χ2v) is 20.7. The third kappa shape index (κ3) is 10.8. The van der Waals surface area contributed by atoms with E-state index in [0.717, 1.165) is 0 Å². The maximum atomic E-state index is 10.0. The van der Waals surface area contributed by atoms with Crippen molar-refractivity contribution in [3.05, 3.63) is 21.8 Å². The Labute approximate surface area is 161 Å². The summed E-state index contributed by atoms with van der Waals surface area (Å²) in [5.41, 5.74) is 1.21. The van der Waals surface area contributed by atoms with E-state index in [1.54, 1.807) is 0 Å². The third-order valence-electron chi connectivity index (χ3n) is 5.38. The summed E-state index contributed by atoms with van der Waals surface area (Å²) in [5.74, 6) is -0.138. The fourth-order valence-corrected chi connectivity index (χ4v) is 17.9. The number of rotatable bonds is 15. The Morgan fingerprint density at radius 1 is 0.920 bits per heavy atom. The van der Waals surface area contributed by atoms with E-state index in [-0.39, 0.29) is 12.5 Å². The molecule has 3 heteroatoms. The molecule has 0 aliphatic rings. The van der Waals surface area contributed by atoms with E-state index < -0.39 is 24.5 Å². The summed E-state index contributed by atoms with van der Waals surface area (Å²) in [7, 11) is 0. The van der Waals surface area contributed by atoms with Crippen LogP contribution in [-0.4, -0.2) is 41.3 Å². The molecule has 0 saturated carbocycles. The molecule has 0 spiro atoms. The van der Waals surface area contributed by atoms with Gasteiger partial charge >= 0.3 is 162 Å². The predicted molar refractivity (Wildman–Crippen MR) is 115 cm³/mol. The van der Waals surface area contributed by atoms with Crippen molar-refractivity contribution in [2.45, 2.75) is 99.0 Å². The molecule has 0 fully saturated rings. The van der Waals surface area contributed by atoms with Crippen LogP contribution < -0.4 is 0 Å². The summed E-state index contributed by atoms with van der Waals surface area (Å²) in [6.07, 6.45) is 12.7. The summed E-state index contributed by atoms with van der Waals surface area (Å²) < 4.78 is 7.11. The first-order chi connectivity index (χ1) is 12.0. The molecule has 2 atom stereocenters. The van der Waals surface area contributed by atoms with Crippen LogP contribution in [0.1, 0.15) is 79.6 Å². The van der Waals surface area contributed by atoms with Crippen molar-refractivity contribution in [2.24, 2.45) is 5.92 Å². The number of allylic oxidation sites excluding steroid dienone is 2. The van der Waals surface area contributed by atoms with Crippen LogP contribution in [-0.2, 0) is 0 Å². The Hall–Kier alpha value is 0.199. The predicted octanol–water partition coefficient (Wildman–Crippen LogP) is 6.26. The van der Waals surface area contributed by atoms with Crippen molar-refractivity contribution in [1.29, 1.82) is 0 Å². The van der Waals surface area contributed by atoms with Gasteiger partial charge in [-0.2, -0.15) is 0 Å². The molecule has 0 saturated heterocycles. The summed E-state index contributed by atoms with van der Waals surface area (Å²) in [6, 6.07) is 0. The Morgan fingerprint density at radius 3 is 1.76 bits per heavy atom. The van der Waals surface area contributed by atoms with Gasteiger partial charge in [-0.05, 0) is 0 Å². The average molecular weight is 459 g/mol. The van der Waals surface area contributed by atoms with Crippen LogP contribution in [0.25, 0.3) is 0 Å². The van der Waals surface area contributed by atoms with Gasteiger partial charge in [0.2, 0.25) is 0 Å². The minimum atomic E-state index is -2.22. The number of hydrogen-bond acceptors (Lipinski definition) is 2. The third-order valence-corrected chi connectivity index (χ3v) is 19.4. The van der Waals surface area contributed by atoms with Gasteiger partial charge in [-0.3, -0.25) is 0 Å².